The highest BCUT2D eigenvalue weighted by Gasteiger charge is 2.22. The molecule has 1 rings (SSSR count). The summed E-state index contributed by atoms with van der Waals surface area (Å²) in [5, 5.41) is 3.97. The van der Waals surface area contributed by atoms with Gasteiger partial charge in [0.1, 0.15) is 15.4 Å². The number of nitrogens with zero attached hydrogens (tertiary/aromatic N) is 1. The van der Waals surface area contributed by atoms with Gasteiger partial charge in [-0.05, 0) is 5.92 Å². The SMILES string of the molecule is COC(=O)C(NCc1ncc(Cl)s1)C(C)C. The van der Waals surface area contributed by atoms with Crippen LogP contribution in [-0.2, 0) is 16.1 Å². The maximum absolute atomic E-state index is 11.5. The maximum Gasteiger partial charge on any atom is 0.323 e. The Morgan fingerprint density at radius 2 is 2.38 bits per heavy atom. The largest absolute Gasteiger partial charge is 0.468 e. The van der Waals surface area contributed by atoms with Gasteiger partial charge in [0.05, 0.1) is 13.3 Å². The third-order valence-electron chi connectivity index (χ3n) is 2.12. The highest BCUT2D eigenvalue weighted by atomic mass is 35.5. The number of hydrogen-bond donors (Lipinski definition) is 1. The summed E-state index contributed by atoms with van der Waals surface area (Å²) in [6.45, 7) is 4.45. The zero-order valence-electron chi connectivity index (χ0n) is 9.49. The number of methoxy groups -OCH3 is 1. The monoisotopic (exact) mass is 262 g/mol. The van der Waals surface area contributed by atoms with Crippen LogP contribution < -0.4 is 5.32 Å². The Morgan fingerprint density at radius 3 is 2.81 bits per heavy atom. The zero-order chi connectivity index (χ0) is 12.1. The molecule has 0 aromatic carbocycles. The summed E-state index contributed by atoms with van der Waals surface area (Å²) in [6, 6.07) is -0.312. The number of rotatable bonds is 5. The quantitative estimate of drug-likeness (QED) is 0.826. The Balaban J connectivity index is 2.53. The van der Waals surface area contributed by atoms with Gasteiger partial charge in [0.2, 0.25) is 0 Å². The second-order valence-electron chi connectivity index (χ2n) is 3.68. The average Bonchev–Trinajstić information content (AvgIpc) is 2.63. The van der Waals surface area contributed by atoms with E-state index in [1.54, 1.807) is 6.20 Å². The van der Waals surface area contributed by atoms with Crippen LogP contribution in [-0.4, -0.2) is 24.1 Å². The lowest BCUT2D eigenvalue weighted by Gasteiger charge is -2.18. The summed E-state index contributed by atoms with van der Waals surface area (Å²) < 4.78 is 5.37. The van der Waals surface area contributed by atoms with Gasteiger partial charge in [-0.1, -0.05) is 25.4 Å². The molecule has 4 nitrogen and oxygen atoms in total. The van der Waals surface area contributed by atoms with E-state index in [-0.39, 0.29) is 17.9 Å². The summed E-state index contributed by atoms with van der Waals surface area (Å²) in [4.78, 5) is 15.6. The van der Waals surface area contributed by atoms with Crippen LogP contribution in [0.3, 0.4) is 0 Å². The van der Waals surface area contributed by atoms with Gasteiger partial charge in [0.15, 0.2) is 0 Å². The van der Waals surface area contributed by atoms with E-state index < -0.39 is 0 Å². The van der Waals surface area contributed by atoms with Crippen molar-refractivity contribution in [2.24, 2.45) is 5.92 Å². The highest BCUT2D eigenvalue weighted by molar-refractivity contribution is 7.15. The molecule has 0 bridgehead atoms. The van der Waals surface area contributed by atoms with Gasteiger partial charge in [-0.3, -0.25) is 10.1 Å². The molecule has 0 aliphatic carbocycles. The Labute approximate surface area is 104 Å². The summed E-state index contributed by atoms with van der Waals surface area (Å²) >= 11 is 7.17. The molecule has 0 aliphatic rings. The zero-order valence-corrected chi connectivity index (χ0v) is 11.1. The predicted molar refractivity (Wildman–Crippen MR) is 64.6 cm³/mol. The fourth-order valence-corrected chi connectivity index (χ4v) is 2.19. The first-order valence-electron chi connectivity index (χ1n) is 4.96. The van der Waals surface area contributed by atoms with Crippen molar-refractivity contribution >= 4 is 28.9 Å². The lowest BCUT2D eigenvalue weighted by molar-refractivity contribution is -0.144. The van der Waals surface area contributed by atoms with Crippen molar-refractivity contribution in [3.63, 3.8) is 0 Å². The van der Waals surface area contributed by atoms with Gasteiger partial charge < -0.3 is 4.74 Å². The number of halogens is 1. The molecule has 0 aliphatic heterocycles. The van der Waals surface area contributed by atoms with Crippen molar-refractivity contribution in [3.05, 3.63) is 15.5 Å². The minimum Gasteiger partial charge on any atom is -0.468 e. The Morgan fingerprint density at radius 1 is 1.69 bits per heavy atom. The Kier molecular flexibility index (Phi) is 5.18. The van der Waals surface area contributed by atoms with Gasteiger partial charge in [-0.15, -0.1) is 11.3 Å². The minimum absolute atomic E-state index is 0.169. The molecule has 0 amide bonds. The smallest absolute Gasteiger partial charge is 0.323 e. The molecule has 90 valence electrons. The lowest BCUT2D eigenvalue weighted by atomic mass is 10.1. The van der Waals surface area contributed by atoms with Crippen LogP contribution in [0.25, 0.3) is 0 Å². The van der Waals surface area contributed by atoms with Crippen LogP contribution >= 0.6 is 22.9 Å². The van der Waals surface area contributed by atoms with E-state index in [0.29, 0.717) is 10.9 Å². The molecule has 6 heteroatoms. The third-order valence-corrected chi connectivity index (χ3v) is 3.24. The fourth-order valence-electron chi connectivity index (χ4n) is 1.29. The van der Waals surface area contributed by atoms with Gasteiger partial charge in [-0.2, -0.15) is 0 Å². The third kappa shape index (κ3) is 3.73. The van der Waals surface area contributed by atoms with Crippen molar-refractivity contribution in [2.75, 3.05) is 7.11 Å². The lowest BCUT2D eigenvalue weighted by Crippen LogP contribution is -2.41. The van der Waals surface area contributed by atoms with Crippen LogP contribution in [0.4, 0.5) is 0 Å². The fraction of sp³-hybridized carbons (Fsp3) is 0.600. The van der Waals surface area contributed by atoms with E-state index in [9.17, 15) is 4.79 Å². The van der Waals surface area contributed by atoms with E-state index >= 15 is 0 Å². The average molecular weight is 263 g/mol. The molecule has 0 saturated heterocycles. The van der Waals surface area contributed by atoms with E-state index in [1.807, 2.05) is 13.8 Å². The Hall–Kier alpha value is -0.650. The maximum atomic E-state index is 11.5. The summed E-state index contributed by atoms with van der Waals surface area (Å²) in [5.74, 6) is -0.0828. The molecule has 0 radical (unpaired) electrons. The second-order valence-corrected chi connectivity index (χ2v) is 5.43. The van der Waals surface area contributed by atoms with E-state index in [1.165, 1.54) is 18.4 Å². The van der Waals surface area contributed by atoms with Crippen LogP contribution in [0.5, 0.6) is 0 Å². The first-order valence-corrected chi connectivity index (χ1v) is 6.15. The Bertz CT molecular complexity index is 354. The first kappa shape index (κ1) is 13.4. The van der Waals surface area contributed by atoms with Crippen molar-refractivity contribution in [1.29, 1.82) is 0 Å². The number of ether oxygens (including phenoxy) is 1. The van der Waals surface area contributed by atoms with Crippen LogP contribution in [0.2, 0.25) is 4.34 Å². The number of carbonyl (C=O) groups is 1. The van der Waals surface area contributed by atoms with E-state index in [2.05, 4.69) is 10.3 Å². The summed E-state index contributed by atoms with van der Waals surface area (Å²) in [7, 11) is 1.39. The first-order chi connectivity index (χ1) is 7.54. The molecule has 1 aromatic rings. The molecule has 1 N–H and O–H groups in total. The molecule has 0 fully saturated rings. The van der Waals surface area contributed by atoms with E-state index in [4.69, 9.17) is 16.3 Å². The number of carbonyl (C=O) groups excluding carboxylic acids is 1. The molecular formula is C10H15ClN2O2S. The molecule has 1 aromatic heterocycles. The predicted octanol–water partition coefficient (Wildman–Crippen LogP) is 2.08. The molecule has 0 spiro atoms. The van der Waals surface area contributed by atoms with E-state index in [0.717, 1.165) is 5.01 Å². The highest BCUT2D eigenvalue weighted by Crippen LogP contribution is 2.18. The molecule has 0 saturated carbocycles. The van der Waals surface area contributed by atoms with Crippen molar-refractivity contribution < 1.29 is 9.53 Å². The standard InChI is InChI=1S/C10H15ClN2O2S/c1-6(2)9(10(14)15-3)13-5-8-12-4-7(11)16-8/h4,6,9,13H,5H2,1-3H3. The van der Waals surface area contributed by atoms with Crippen LogP contribution in [0.1, 0.15) is 18.9 Å². The summed E-state index contributed by atoms with van der Waals surface area (Å²) in [5.41, 5.74) is 0. The summed E-state index contributed by atoms with van der Waals surface area (Å²) in [6.07, 6.45) is 1.60. The molecular weight excluding hydrogens is 248 g/mol. The normalized spacial score (nSPS) is 12.8. The van der Waals surface area contributed by atoms with Gasteiger partial charge >= 0.3 is 5.97 Å². The number of esters is 1. The second kappa shape index (κ2) is 6.18. The number of nitrogens with one attached hydrogen (secondary N) is 1. The molecule has 1 unspecified atom stereocenters. The van der Waals surface area contributed by atoms with Crippen LogP contribution in [0.15, 0.2) is 6.20 Å². The van der Waals surface area contributed by atoms with Crippen molar-refractivity contribution in [1.82, 2.24) is 10.3 Å². The van der Waals surface area contributed by atoms with Crippen molar-refractivity contribution in [3.8, 4) is 0 Å². The van der Waals surface area contributed by atoms with Gasteiger partial charge in [0, 0.05) is 6.54 Å². The van der Waals surface area contributed by atoms with Gasteiger partial charge in [0.25, 0.3) is 0 Å². The van der Waals surface area contributed by atoms with Crippen molar-refractivity contribution in [2.45, 2.75) is 26.4 Å². The molecule has 1 atom stereocenters. The molecule has 1 heterocycles. The van der Waals surface area contributed by atoms with Crippen LogP contribution in [0, 0.1) is 5.92 Å². The van der Waals surface area contributed by atoms with Gasteiger partial charge in [-0.25, -0.2) is 4.98 Å². The number of thiazole rings is 1. The minimum atomic E-state index is -0.312. The number of aromatic nitrogens is 1. The topological polar surface area (TPSA) is 51.2 Å². The molecule has 16 heavy (non-hydrogen) atoms. The number of hydrogen-bond acceptors (Lipinski definition) is 5.